The molecule has 0 N–H and O–H groups in total. The molecule has 0 unspecified atom stereocenters. The van der Waals surface area contributed by atoms with Crippen molar-refractivity contribution in [1.82, 2.24) is 0 Å². The Hall–Kier alpha value is -2.25. The van der Waals surface area contributed by atoms with Crippen molar-refractivity contribution in [2.75, 3.05) is 6.61 Å². The van der Waals surface area contributed by atoms with E-state index in [1.165, 1.54) is 5.56 Å². The SMILES string of the molecule is CC(=C\C=C\[C@@H]1CC[C@H]2O[C@@]3(CC[C@]2(C)O1)O[C@@H](COCc1ccccc1)C[C@@H]3C)/C(C)=C/C(=O)OC(C)(C)C. The van der Waals surface area contributed by atoms with Crippen LogP contribution in [-0.2, 0) is 35.1 Å². The second-order valence-electron chi connectivity index (χ2n) is 12.9. The number of benzene rings is 1. The Balaban J connectivity index is 1.28. The number of hydrogen-bond donors (Lipinski definition) is 0. The van der Waals surface area contributed by atoms with Crippen LogP contribution in [0.15, 0.2) is 65.8 Å². The van der Waals surface area contributed by atoms with Gasteiger partial charge in [-0.15, -0.1) is 0 Å². The molecule has 40 heavy (non-hydrogen) atoms. The summed E-state index contributed by atoms with van der Waals surface area (Å²) in [7, 11) is 0. The summed E-state index contributed by atoms with van der Waals surface area (Å²) in [4.78, 5) is 12.1. The second kappa shape index (κ2) is 12.7. The Kier molecular flexibility index (Phi) is 9.77. The summed E-state index contributed by atoms with van der Waals surface area (Å²) in [5, 5.41) is 0. The number of carbonyl (C=O) groups excluding carboxylic acids is 1. The van der Waals surface area contributed by atoms with Gasteiger partial charge in [0.15, 0.2) is 5.79 Å². The molecular weight excluding hydrogens is 504 g/mol. The fourth-order valence-corrected chi connectivity index (χ4v) is 5.89. The maximum Gasteiger partial charge on any atom is 0.331 e. The first-order valence-electron chi connectivity index (χ1n) is 14.8. The van der Waals surface area contributed by atoms with Crippen molar-refractivity contribution in [1.29, 1.82) is 0 Å². The van der Waals surface area contributed by atoms with Crippen LogP contribution >= 0.6 is 0 Å². The van der Waals surface area contributed by atoms with E-state index in [-0.39, 0.29) is 29.9 Å². The molecule has 0 amide bonds. The smallest absolute Gasteiger partial charge is 0.331 e. The van der Waals surface area contributed by atoms with Crippen molar-refractivity contribution in [2.45, 2.75) is 122 Å². The first-order valence-corrected chi connectivity index (χ1v) is 14.8. The van der Waals surface area contributed by atoms with Crippen LogP contribution in [0.5, 0.6) is 0 Å². The average Bonchev–Trinajstić information content (AvgIpc) is 3.18. The van der Waals surface area contributed by atoms with Gasteiger partial charge in [0.25, 0.3) is 0 Å². The summed E-state index contributed by atoms with van der Waals surface area (Å²) >= 11 is 0. The lowest BCUT2D eigenvalue weighted by atomic mass is 9.79. The highest BCUT2D eigenvalue weighted by molar-refractivity contribution is 5.83. The zero-order valence-electron chi connectivity index (χ0n) is 25.4. The van der Waals surface area contributed by atoms with Gasteiger partial charge in [0.2, 0.25) is 0 Å². The molecule has 0 aromatic heterocycles. The molecule has 1 aromatic rings. The summed E-state index contributed by atoms with van der Waals surface area (Å²) in [5.74, 6) is -0.558. The van der Waals surface area contributed by atoms with Crippen molar-refractivity contribution in [3.05, 3.63) is 71.3 Å². The van der Waals surface area contributed by atoms with Crippen LogP contribution in [0.25, 0.3) is 0 Å². The Bertz CT molecular complexity index is 1100. The van der Waals surface area contributed by atoms with Gasteiger partial charge >= 0.3 is 5.97 Å². The highest BCUT2D eigenvalue weighted by atomic mass is 16.7. The zero-order valence-corrected chi connectivity index (χ0v) is 25.4. The van der Waals surface area contributed by atoms with Crippen molar-refractivity contribution in [2.24, 2.45) is 5.92 Å². The number of allylic oxidation sites excluding steroid dienone is 4. The predicted molar refractivity (Wildman–Crippen MR) is 157 cm³/mol. The largest absolute Gasteiger partial charge is 0.457 e. The summed E-state index contributed by atoms with van der Waals surface area (Å²) < 4.78 is 31.3. The molecular formula is C34H48O6. The molecule has 0 aliphatic carbocycles. The third-order valence-electron chi connectivity index (χ3n) is 8.31. The van der Waals surface area contributed by atoms with Crippen LogP contribution in [-0.4, -0.2) is 47.9 Å². The quantitative estimate of drug-likeness (QED) is 0.193. The highest BCUT2D eigenvalue weighted by Gasteiger charge is 2.57. The van der Waals surface area contributed by atoms with Crippen LogP contribution in [0.1, 0.15) is 86.1 Å². The lowest BCUT2D eigenvalue weighted by Crippen LogP contribution is -2.59. The Morgan fingerprint density at radius 3 is 2.52 bits per heavy atom. The minimum absolute atomic E-state index is 0.00798. The van der Waals surface area contributed by atoms with E-state index in [4.69, 9.17) is 23.7 Å². The third-order valence-corrected chi connectivity index (χ3v) is 8.31. The van der Waals surface area contributed by atoms with Crippen LogP contribution in [0.4, 0.5) is 0 Å². The third kappa shape index (κ3) is 7.94. The molecule has 3 heterocycles. The van der Waals surface area contributed by atoms with E-state index in [0.717, 1.165) is 43.3 Å². The van der Waals surface area contributed by atoms with Crippen LogP contribution in [0.3, 0.4) is 0 Å². The van der Waals surface area contributed by atoms with Crippen molar-refractivity contribution in [3.63, 3.8) is 0 Å². The monoisotopic (exact) mass is 552 g/mol. The molecule has 6 heteroatoms. The topological polar surface area (TPSA) is 63.2 Å². The van der Waals surface area contributed by atoms with E-state index >= 15 is 0 Å². The van der Waals surface area contributed by atoms with Gasteiger partial charge < -0.3 is 23.7 Å². The molecule has 0 bridgehead atoms. The molecule has 1 aromatic carbocycles. The number of fused-ring (bicyclic) bond motifs is 1. The number of ether oxygens (including phenoxy) is 5. The second-order valence-corrected chi connectivity index (χ2v) is 12.9. The number of carbonyl (C=O) groups is 1. The van der Waals surface area contributed by atoms with Crippen molar-refractivity contribution in [3.8, 4) is 0 Å². The molecule has 3 aliphatic heterocycles. The number of hydrogen-bond acceptors (Lipinski definition) is 6. The molecule has 0 radical (unpaired) electrons. The summed E-state index contributed by atoms with van der Waals surface area (Å²) in [6, 6.07) is 10.3. The average molecular weight is 553 g/mol. The lowest BCUT2D eigenvalue weighted by molar-refractivity contribution is -0.342. The molecule has 1 spiro atoms. The molecule has 3 saturated heterocycles. The van der Waals surface area contributed by atoms with E-state index in [0.29, 0.717) is 19.1 Å². The molecule has 4 rings (SSSR count). The van der Waals surface area contributed by atoms with Gasteiger partial charge in [0.05, 0.1) is 37.1 Å². The fourth-order valence-electron chi connectivity index (χ4n) is 5.89. The van der Waals surface area contributed by atoms with E-state index < -0.39 is 11.4 Å². The van der Waals surface area contributed by atoms with Gasteiger partial charge in [-0.1, -0.05) is 55.5 Å². The Morgan fingerprint density at radius 2 is 1.80 bits per heavy atom. The fraction of sp³-hybridized carbons (Fsp3) is 0.618. The normalized spacial score (nSPS) is 33.4. The summed E-state index contributed by atoms with van der Waals surface area (Å²) in [6.45, 7) is 15.1. The molecule has 3 fully saturated rings. The van der Waals surface area contributed by atoms with Gasteiger partial charge in [-0.2, -0.15) is 0 Å². The van der Waals surface area contributed by atoms with Gasteiger partial charge in [-0.05, 0) is 83.9 Å². The number of esters is 1. The predicted octanol–water partition coefficient (Wildman–Crippen LogP) is 7.23. The summed E-state index contributed by atoms with van der Waals surface area (Å²) in [6.07, 6.45) is 12.3. The minimum atomic E-state index is -0.547. The molecule has 6 nitrogen and oxygen atoms in total. The minimum Gasteiger partial charge on any atom is -0.457 e. The maximum absolute atomic E-state index is 12.1. The lowest BCUT2D eigenvalue weighted by Gasteiger charge is -2.53. The Morgan fingerprint density at radius 1 is 1.05 bits per heavy atom. The molecule has 6 atom stereocenters. The molecule has 0 saturated carbocycles. The van der Waals surface area contributed by atoms with E-state index in [1.807, 2.05) is 65.0 Å². The van der Waals surface area contributed by atoms with Crippen molar-refractivity contribution < 1.29 is 28.5 Å². The highest BCUT2D eigenvalue weighted by Crippen LogP contribution is 2.50. The van der Waals surface area contributed by atoms with E-state index in [2.05, 4.69) is 32.1 Å². The summed E-state index contributed by atoms with van der Waals surface area (Å²) in [5.41, 5.74) is 2.24. The Labute approximate surface area is 240 Å². The van der Waals surface area contributed by atoms with Gasteiger partial charge in [-0.3, -0.25) is 0 Å². The maximum atomic E-state index is 12.1. The molecule has 220 valence electrons. The zero-order chi connectivity index (χ0) is 29.0. The van der Waals surface area contributed by atoms with Crippen molar-refractivity contribution >= 4 is 5.97 Å². The first kappa shape index (κ1) is 30.7. The van der Waals surface area contributed by atoms with Crippen LogP contribution in [0, 0.1) is 5.92 Å². The van der Waals surface area contributed by atoms with Crippen LogP contribution < -0.4 is 0 Å². The van der Waals surface area contributed by atoms with Crippen LogP contribution in [0.2, 0.25) is 0 Å². The van der Waals surface area contributed by atoms with Gasteiger partial charge in [0.1, 0.15) is 5.60 Å². The standard InChI is InChI=1S/C34H48O6/c1-24(25(2)20-31(35)40-32(4,5)6)12-11-15-28-16-17-30-33(7,37-28)18-19-34(39-30)26(3)21-29(38-34)23-36-22-27-13-9-8-10-14-27/h8-15,20,26,28-30H,16-19,21-23H2,1-7H3/b15-11+,24-12+,25-20+/t26-,28+,29+,30+,33-,34+/m0/s1. The van der Waals surface area contributed by atoms with E-state index in [9.17, 15) is 4.79 Å². The van der Waals surface area contributed by atoms with Gasteiger partial charge in [0, 0.05) is 18.4 Å². The molecule has 3 aliphatic rings. The van der Waals surface area contributed by atoms with E-state index in [1.54, 1.807) is 6.08 Å². The van der Waals surface area contributed by atoms with Gasteiger partial charge in [-0.25, -0.2) is 4.79 Å². The number of rotatable bonds is 8. The first-order chi connectivity index (χ1) is 18.9.